The third-order valence-electron chi connectivity index (χ3n) is 6.49. The summed E-state index contributed by atoms with van der Waals surface area (Å²) in [5.41, 5.74) is 7.04. The quantitative estimate of drug-likeness (QED) is 0.268. The Bertz CT molecular complexity index is 1000. The number of benzene rings is 2. The van der Waals surface area contributed by atoms with E-state index in [-0.39, 0.29) is 5.41 Å². The van der Waals surface area contributed by atoms with Gasteiger partial charge in [0.15, 0.2) is 0 Å². The third kappa shape index (κ3) is 6.81. The molecule has 33 heavy (non-hydrogen) atoms. The number of allylic oxidation sites excluding steroid dienone is 1. The predicted octanol–water partition coefficient (Wildman–Crippen LogP) is 7.70. The van der Waals surface area contributed by atoms with Crippen LogP contribution in [0.15, 0.2) is 79.5 Å². The van der Waals surface area contributed by atoms with Crippen molar-refractivity contribution in [3.8, 4) is 0 Å². The molecular formula is C31H40N2. The van der Waals surface area contributed by atoms with E-state index in [1.807, 2.05) is 18.3 Å². The van der Waals surface area contributed by atoms with E-state index in [1.165, 1.54) is 34.2 Å². The zero-order valence-electron chi connectivity index (χ0n) is 21.0. The Balaban J connectivity index is 1.88. The fraction of sp³-hybridized carbons (Fsp3) is 0.387. The molecule has 0 bridgehead atoms. The van der Waals surface area contributed by atoms with Crippen LogP contribution in [0.2, 0.25) is 0 Å². The van der Waals surface area contributed by atoms with E-state index in [0.29, 0.717) is 0 Å². The molecule has 0 saturated heterocycles. The Labute approximate surface area is 201 Å². The van der Waals surface area contributed by atoms with Crippen molar-refractivity contribution in [1.29, 1.82) is 0 Å². The van der Waals surface area contributed by atoms with Crippen molar-refractivity contribution in [2.24, 2.45) is 0 Å². The van der Waals surface area contributed by atoms with Crippen molar-refractivity contribution in [3.63, 3.8) is 0 Å². The molecule has 0 radical (unpaired) electrons. The summed E-state index contributed by atoms with van der Waals surface area (Å²) in [5.74, 6) is 1.03. The van der Waals surface area contributed by atoms with Crippen LogP contribution in [-0.2, 0) is 31.2 Å². The average molecular weight is 441 g/mol. The van der Waals surface area contributed by atoms with Crippen molar-refractivity contribution in [2.75, 3.05) is 11.4 Å². The molecule has 0 aliphatic heterocycles. The highest BCUT2D eigenvalue weighted by atomic mass is 15.2. The van der Waals surface area contributed by atoms with E-state index in [2.05, 4.69) is 93.8 Å². The van der Waals surface area contributed by atoms with Gasteiger partial charge in [0.05, 0.1) is 0 Å². The largest absolute Gasteiger partial charge is 0.351 e. The Morgan fingerprint density at radius 2 is 1.67 bits per heavy atom. The van der Waals surface area contributed by atoms with Gasteiger partial charge in [-0.3, -0.25) is 0 Å². The van der Waals surface area contributed by atoms with Crippen molar-refractivity contribution in [2.45, 2.75) is 71.8 Å². The number of rotatable bonds is 12. The molecule has 0 fully saturated rings. The van der Waals surface area contributed by atoms with Crippen LogP contribution in [0.4, 0.5) is 5.82 Å². The lowest BCUT2D eigenvalue weighted by Gasteiger charge is -2.34. The lowest BCUT2D eigenvalue weighted by molar-refractivity contribution is 0.505. The van der Waals surface area contributed by atoms with E-state index in [9.17, 15) is 0 Å². The monoisotopic (exact) mass is 440 g/mol. The molecule has 0 N–H and O–H groups in total. The second-order valence-corrected chi connectivity index (χ2v) is 9.66. The van der Waals surface area contributed by atoms with Crippen molar-refractivity contribution in [3.05, 3.63) is 107 Å². The minimum absolute atomic E-state index is 0.0136. The maximum atomic E-state index is 4.70. The molecule has 0 aliphatic rings. The standard InChI is InChI=1S/C31H40N2/c1-6-9-13-27-19-20-29(22-28(27)12-7-2)31(4,5)24-33(30-14-10-11-21-32-30)23-26-17-15-25(8-3)16-18-26/h6,10-11,14-22H,1,7-9,12-13,23-24H2,2-5H3. The van der Waals surface area contributed by atoms with Crippen LogP contribution in [0.3, 0.4) is 0 Å². The van der Waals surface area contributed by atoms with Crippen LogP contribution in [-0.4, -0.2) is 11.5 Å². The number of anilines is 1. The summed E-state index contributed by atoms with van der Waals surface area (Å²) in [5, 5.41) is 0. The maximum absolute atomic E-state index is 4.70. The van der Waals surface area contributed by atoms with E-state index in [0.717, 1.165) is 44.6 Å². The molecule has 0 amide bonds. The van der Waals surface area contributed by atoms with Crippen LogP contribution in [0, 0.1) is 0 Å². The maximum Gasteiger partial charge on any atom is 0.128 e. The van der Waals surface area contributed by atoms with Gasteiger partial charge >= 0.3 is 0 Å². The summed E-state index contributed by atoms with van der Waals surface area (Å²) in [4.78, 5) is 7.12. The first-order valence-corrected chi connectivity index (χ1v) is 12.4. The van der Waals surface area contributed by atoms with Crippen LogP contribution < -0.4 is 4.90 Å². The minimum Gasteiger partial charge on any atom is -0.351 e. The fourth-order valence-corrected chi connectivity index (χ4v) is 4.48. The summed E-state index contributed by atoms with van der Waals surface area (Å²) < 4.78 is 0. The van der Waals surface area contributed by atoms with Gasteiger partial charge in [0.1, 0.15) is 5.82 Å². The highest BCUT2D eigenvalue weighted by Gasteiger charge is 2.26. The number of aromatic nitrogens is 1. The van der Waals surface area contributed by atoms with Crippen molar-refractivity contribution < 1.29 is 0 Å². The second-order valence-electron chi connectivity index (χ2n) is 9.66. The fourth-order valence-electron chi connectivity index (χ4n) is 4.48. The van der Waals surface area contributed by atoms with Gasteiger partial charge < -0.3 is 4.90 Å². The smallest absolute Gasteiger partial charge is 0.128 e. The molecule has 2 aromatic carbocycles. The van der Waals surface area contributed by atoms with Gasteiger partial charge in [0.2, 0.25) is 0 Å². The Morgan fingerprint density at radius 1 is 0.909 bits per heavy atom. The molecule has 2 heteroatoms. The Morgan fingerprint density at radius 3 is 2.30 bits per heavy atom. The normalized spacial score (nSPS) is 11.4. The summed E-state index contributed by atoms with van der Waals surface area (Å²) in [7, 11) is 0. The van der Waals surface area contributed by atoms with Crippen LogP contribution >= 0.6 is 0 Å². The SMILES string of the molecule is C=CCCc1ccc(C(C)(C)CN(Cc2ccc(CC)cc2)c2ccccn2)cc1CCC. The Hall–Kier alpha value is -2.87. The van der Waals surface area contributed by atoms with E-state index >= 15 is 0 Å². The van der Waals surface area contributed by atoms with Gasteiger partial charge in [-0.05, 0) is 65.6 Å². The zero-order chi connectivity index (χ0) is 23.7. The topological polar surface area (TPSA) is 16.1 Å². The van der Waals surface area contributed by atoms with Gasteiger partial charge in [-0.1, -0.05) is 88.7 Å². The number of hydrogen-bond acceptors (Lipinski definition) is 2. The van der Waals surface area contributed by atoms with Crippen LogP contribution in [0.25, 0.3) is 0 Å². The highest BCUT2D eigenvalue weighted by molar-refractivity contribution is 5.43. The molecule has 1 aromatic heterocycles. The molecule has 0 aliphatic carbocycles. The number of hydrogen-bond donors (Lipinski definition) is 0. The van der Waals surface area contributed by atoms with E-state index in [1.54, 1.807) is 0 Å². The molecular weight excluding hydrogens is 400 g/mol. The van der Waals surface area contributed by atoms with Gasteiger partial charge in [-0.15, -0.1) is 6.58 Å². The Kier molecular flexibility index (Phi) is 8.88. The van der Waals surface area contributed by atoms with Crippen LogP contribution in [0.5, 0.6) is 0 Å². The third-order valence-corrected chi connectivity index (χ3v) is 6.49. The number of nitrogens with zero attached hydrogens (tertiary/aromatic N) is 2. The molecule has 174 valence electrons. The summed E-state index contributed by atoms with van der Waals surface area (Å²) in [6, 6.07) is 22.3. The van der Waals surface area contributed by atoms with E-state index in [4.69, 9.17) is 4.98 Å². The molecule has 0 spiro atoms. The number of aryl methyl sites for hydroxylation is 3. The zero-order valence-corrected chi connectivity index (χ0v) is 21.0. The molecule has 0 unspecified atom stereocenters. The lowest BCUT2D eigenvalue weighted by Crippen LogP contribution is -2.37. The van der Waals surface area contributed by atoms with Gasteiger partial charge in [-0.25, -0.2) is 4.98 Å². The molecule has 1 heterocycles. The summed E-state index contributed by atoms with van der Waals surface area (Å²) in [6.07, 6.45) is 9.38. The molecule has 0 saturated carbocycles. The molecule has 2 nitrogen and oxygen atoms in total. The highest BCUT2D eigenvalue weighted by Crippen LogP contribution is 2.30. The van der Waals surface area contributed by atoms with Gasteiger partial charge in [0, 0.05) is 24.7 Å². The average Bonchev–Trinajstić information content (AvgIpc) is 2.84. The van der Waals surface area contributed by atoms with Gasteiger partial charge in [-0.2, -0.15) is 0 Å². The molecule has 3 aromatic rings. The first kappa shape index (κ1) is 24.8. The van der Waals surface area contributed by atoms with Gasteiger partial charge in [0.25, 0.3) is 0 Å². The second kappa shape index (κ2) is 11.8. The number of pyridine rings is 1. The first-order valence-electron chi connectivity index (χ1n) is 12.4. The van der Waals surface area contributed by atoms with Crippen LogP contribution in [0.1, 0.15) is 68.4 Å². The van der Waals surface area contributed by atoms with E-state index < -0.39 is 0 Å². The first-order chi connectivity index (χ1) is 16.0. The van der Waals surface area contributed by atoms with Crippen molar-refractivity contribution >= 4 is 5.82 Å². The lowest BCUT2D eigenvalue weighted by atomic mass is 9.81. The molecule has 3 rings (SSSR count). The summed E-state index contributed by atoms with van der Waals surface area (Å²) >= 11 is 0. The predicted molar refractivity (Wildman–Crippen MR) is 143 cm³/mol. The summed E-state index contributed by atoms with van der Waals surface area (Å²) in [6.45, 7) is 14.8. The minimum atomic E-state index is -0.0136. The van der Waals surface area contributed by atoms with Crippen molar-refractivity contribution in [1.82, 2.24) is 4.98 Å². The molecule has 0 atom stereocenters.